The molecule has 26 heavy (non-hydrogen) atoms. The van der Waals surface area contributed by atoms with Gasteiger partial charge in [0.25, 0.3) is 11.8 Å². The summed E-state index contributed by atoms with van der Waals surface area (Å²) in [5, 5.41) is 4.76. The van der Waals surface area contributed by atoms with Gasteiger partial charge in [0.15, 0.2) is 6.10 Å². The SMILES string of the molecule is Cc1cccc(C(=O)NCC(=O)O[C@@H](C)C(=O)Nc2ccccc2F)c1. The molecular formula is C19H19FN2O4. The van der Waals surface area contributed by atoms with Crippen molar-refractivity contribution >= 4 is 23.5 Å². The first-order valence-electron chi connectivity index (χ1n) is 7.96. The van der Waals surface area contributed by atoms with Crippen LogP contribution >= 0.6 is 0 Å². The van der Waals surface area contributed by atoms with Crippen molar-refractivity contribution in [3.8, 4) is 0 Å². The lowest BCUT2D eigenvalue weighted by Gasteiger charge is -2.14. The van der Waals surface area contributed by atoms with Gasteiger partial charge in [0.05, 0.1) is 5.69 Å². The zero-order chi connectivity index (χ0) is 19.1. The average molecular weight is 358 g/mol. The van der Waals surface area contributed by atoms with Crippen LogP contribution in [0.1, 0.15) is 22.8 Å². The fraction of sp³-hybridized carbons (Fsp3) is 0.211. The lowest BCUT2D eigenvalue weighted by atomic mass is 10.1. The second-order valence-electron chi connectivity index (χ2n) is 5.65. The van der Waals surface area contributed by atoms with Crippen LogP contribution in [0, 0.1) is 12.7 Å². The monoisotopic (exact) mass is 358 g/mol. The van der Waals surface area contributed by atoms with Crippen molar-refractivity contribution < 1.29 is 23.5 Å². The summed E-state index contributed by atoms with van der Waals surface area (Å²) in [6.07, 6.45) is -1.14. The summed E-state index contributed by atoms with van der Waals surface area (Å²) in [7, 11) is 0. The topological polar surface area (TPSA) is 84.5 Å². The minimum absolute atomic E-state index is 0.00634. The number of rotatable bonds is 6. The Bertz CT molecular complexity index is 823. The Morgan fingerprint density at radius 2 is 1.85 bits per heavy atom. The van der Waals surface area contributed by atoms with Crippen LogP contribution in [0.4, 0.5) is 10.1 Å². The van der Waals surface area contributed by atoms with Gasteiger partial charge in [-0.15, -0.1) is 0 Å². The third kappa shape index (κ3) is 5.41. The standard InChI is InChI=1S/C19H19FN2O4/c1-12-6-5-7-14(10-12)19(25)21-11-17(23)26-13(2)18(24)22-16-9-4-3-8-15(16)20/h3-10,13H,11H2,1-2H3,(H,21,25)(H,22,24)/t13-/m0/s1. The Kier molecular flexibility index (Phi) is 6.43. The number of ether oxygens (including phenoxy) is 1. The lowest BCUT2D eigenvalue weighted by Crippen LogP contribution is -2.36. The molecule has 0 aromatic heterocycles. The smallest absolute Gasteiger partial charge is 0.326 e. The molecule has 1 atom stereocenters. The van der Waals surface area contributed by atoms with Gasteiger partial charge in [0.2, 0.25) is 0 Å². The molecule has 2 N–H and O–H groups in total. The first-order chi connectivity index (χ1) is 12.4. The van der Waals surface area contributed by atoms with Crippen LogP contribution in [-0.4, -0.2) is 30.4 Å². The summed E-state index contributed by atoms with van der Waals surface area (Å²) in [6.45, 7) is 2.82. The highest BCUT2D eigenvalue weighted by Crippen LogP contribution is 2.13. The predicted molar refractivity (Wildman–Crippen MR) is 94.1 cm³/mol. The van der Waals surface area contributed by atoms with Crippen molar-refractivity contribution in [1.82, 2.24) is 5.32 Å². The number of para-hydroxylation sites is 1. The molecule has 7 heteroatoms. The van der Waals surface area contributed by atoms with Gasteiger partial charge in [0.1, 0.15) is 12.4 Å². The van der Waals surface area contributed by atoms with Crippen molar-refractivity contribution in [1.29, 1.82) is 0 Å². The highest BCUT2D eigenvalue weighted by atomic mass is 19.1. The van der Waals surface area contributed by atoms with E-state index in [-0.39, 0.29) is 12.2 Å². The summed E-state index contributed by atoms with van der Waals surface area (Å²) in [4.78, 5) is 35.7. The first-order valence-corrected chi connectivity index (χ1v) is 7.96. The lowest BCUT2D eigenvalue weighted by molar-refractivity contribution is -0.152. The van der Waals surface area contributed by atoms with Crippen LogP contribution < -0.4 is 10.6 Å². The maximum atomic E-state index is 13.5. The number of nitrogens with one attached hydrogen (secondary N) is 2. The molecule has 0 bridgehead atoms. The van der Waals surface area contributed by atoms with Crippen molar-refractivity contribution in [3.05, 3.63) is 65.5 Å². The number of carbonyl (C=O) groups excluding carboxylic acids is 3. The van der Waals surface area contributed by atoms with Crippen molar-refractivity contribution in [3.63, 3.8) is 0 Å². The van der Waals surface area contributed by atoms with E-state index in [0.717, 1.165) is 5.56 Å². The molecule has 0 fully saturated rings. The Balaban J connectivity index is 1.82. The van der Waals surface area contributed by atoms with Crippen LogP contribution in [0.5, 0.6) is 0 Å². The first kappa shape index (κ1) is 19.1. The quantitative estimate of drug-likeness (QED) is 0.777. The van der Waals surface area contributed by atoms with Crippen LogP contribution in [0.15, 0.2) is 48.5 Å². The number of halogens is 1. The summed E-state index contributed by atoms with van der Waals surface area (Å²) in [5.41, 5.74) is 1.33. The van der Waals surface area contributed by atoms with E-state index in [1.807, 2.05) is 13.0 Å². The van der Waals surface area contributed by atoms with Gasteiger partial charge in [-0.1, -0.05) is 29.8 Å². The third-order valence-electron chi connectivity index (χ3n) is 3.48. The second-order valence-corrected chi connectivity index (χ2v) is 5.65. The maximum Gasteiger partial charge on any atom is 0.326 e. The largest absolute Gasteiger partial charge is 0.451 e. The fourth-order valence-electron chi connectivity index (χ4n) is 2.13. The molecule has 0 unspecified atom stereocenters. The fourth-order valence-corrected chi connectivity index (χ4v) is 2.13. The van der Waals surface area contributed by atoms with Gasteiger partial charge in [-0.25, -0.2) is 4.39 Å². The molecule has 0 aliphatic heterocycles. The van der Waals surface area contributed by atoms with E-state index in [4.69, 9.17) is 4.74 Å². The van der Waals surface area contributed by atoms with Gasteiger partial charge in [0, 0.05) is 5.56 Å². The van der Waals surface area contributed by atoms with E-state index in [9.17, 15) is 18.8 Å². The average Bonchev–Trinajstić information content (AvgIpc) is 2.61. The molecule has 0 spiro atoms. The molecule has 0 heterocycles. The minimum atomic E-state index is -1.14. The summed E-state index contributed by atoms with van der Waals surface area (Å²) < 4.78 is 18.5. The van der Waals surface area contributed by atoms with Crippen molar-refractivity contribution in [2.75, 3.05) is 11.9 Å². The number of esters is 1. The van der Waals surface area contributed by atoms with E-state index in [2.05, 4.69) is 10.6 Å². The number of amides is 2. The Morgan fingerprint density at radius 1 is 1.12 bits per heavy atom. The van der Waals surface area contributed by atoms with Gasteiger partial charge < -0.3 is 15.4 Å². The normalized spacial score (nSPS) is 11.3. The molecule has 2 aromatic rings. The van der Waals surface area contributed by atoms with E-state index < -0.39 is 29.7 Å². The van der Waals surface area contributed by atoms with Gasteiger partial charge in [-0.05, 0) is 38.1 Å². The summed E-state index contributed by atoms with van der Waals surface area (Å²) >= 11 is 0. The highest BCUT2D eigenvalue weighted by molar-refractivity contribution is 5.97. The number of benzene rings is 2. The van der Waals surface area contributed by atoms with Crippen LogP contribution in [-0.2, 0) is 14.3 Å². The van der Waals surface area contributed by atoms with E-state index in [0.29, 0.717) is 5.56 Å². The number of anilines is 1. The van der Waals surface area contributed by atoms with Crippen molar-refractivity contribution in [2.45, 2.75) is 20.0 Å². The zero-order valence-corrected chi connectivity index (χ0v) is 14.4. The van der Waals surface area contributed by atoms with Gasteiger partial charge >= 0.3 is 5.97 Å². The maximum absolute atomic E-state index is 13.5. The minimum Gasteiger partial charge on any atom is -0.451 e. The predicted octanol–water partition coefficient (Wildman–Crippen LogP) is 2.43. The van der Waals surface area contributed by atoms with Crippen LogP contribution in [0.25, 0.3) is 0 Å². The van der Waals surface area contributed by atoms with Gasteiger partial charge in [-0.2, -0.15) is 0 Å². The Labute approximate surface area is 150 Å². The van der Waals surface area contributed by atoms with Crippen LogP contribution in [0.2, 0.25) is 0 Å². The Hall–Kier alpha value is -3.22. The Morgan fingerprint density at radius 3 is 2.54 bits per heavy atom. The number of aryl methyl sites for hydroxylation is 1. The molecule has 0 aliphatic rings. The molecule has 0 radical (unpaired) electrons. The summed E-state index contributed by atoms with van der Waals surface area (Å²) in [5.74, 6) is -2.46. The molecule has 0 saturated heterocycles. The zero-order valence-electron chi connectivity index (χ0n) is 14.4. The molecule has 2 amide bonds. The second kappa shape index (κ2) is 8.75. The number of carbonyl (C=O) groups is 3. The molecule has 0 aliphatic carbocycles. The van der Waals surface area contributed by atoms with E-state index >= 15 is 0 Å². The molecular weight excluding hydrogens is 339 g/mol. The van der Waals surface area contributed by atoms with E-state index in [1.54, 1.807) is 24.3 Å². The molecule has 2 rings (SSSR count). The van der Waals surface area contributed by atoms with Crippen LogP contribution in [0.3, 0.4) is 0 Å². The third-order valence-corrected chi connectivity index (χ3v) is 3.48. The number of hydrogen-bond acceptors (Lipinski definition) is 4. The summed E-state index contributed by atoms with van der Waals surface area (Å²) in [6, 6.07) is 12.5. The molecule has 6 nitrogen and oxygen atoms in total. The van der Waals surface area contributed by atoms with E-state index in [1.165, 1.54) is 25.1 Å². The molecule has 0 saturated carbocycles. The highest BCUT2D eigenvalue weighted by Gasteiger charge is 2.19. The van der Waals surface area contributed by atoms with Gasteiger partial charge in [-0.3, -0.25) is 14.4 Å². The molecule has 2 aromatic carbocycles. The molecule has 136 valence electrons. The van der Waals surface area contributed by atoms with Crippen molar-refractivity contribution in [2.24, 2.45) is 0 Å². The number of hydrogen-bond donors (Lipinski definition) is 2.